The molecule has 1 saturated heterocycles. The molecular weight excluding hydrogens is 280 g/mol. The highest BCUT2D eigenvalue weighted by atomic mass is 35.5. The maximum Gasteiger partial charge on any atom is 0.317 e. The third kappa shape index (κ3) is 4.96. The van der Waals surface area contributed by atoms with Crippen molar-refractivity contribution in [1.29, 1.82) is 0 Å². The number of urea groups is 1. The van der Waals surface area contributed by atoms with E-state index in [0.717, 1.165) is 42.5 Å². The smallest absolute Gasteiger partial charge is 0.317 e. The number of carbonyl (C=O) groups is 1. The van der Waals surface area contributed by atoms with Crippen LogP contribution >= 0.6 is 23.4 Å². The molecule has 0 unspecified atom stereocenters. The molecule has 2 amide bonds. The molecule has 2 rings (SSSR count). The first-order valence-electron chi connectivity index (χ1n) is 6.60. The number of carbonyl (C=O) groups excluding carboxylic acids is 1. The molecule has 5 heteroatoms. The fourth-order valence-corrected chi connectivity index (χ4v) is 3.04. The number of nitrogens with one attached hydrogen (secondary N) is 1. The van der Waals surface area contributed by atoms with Crippen molar-refractivity contribution in [3.8, 4) is 0 Å². The topological polar surface area (TPSA) is 32.3 Å². The predicted octanol–water partition coefficient (Wildman–Crippen LogP) is 3.03. The molecule has 0 aromatic heterocycles. The Morgan fingerprint density at radius 1 is 1.26 bits per heavy atom. The van der Waals surface area contributed by atoms with Gasteiger partial charge in [-0.05, 0) is 36.3 Å². The maximum absolute atomic E-state index is 12.0. The molecule has 0 bridgehead atoms. The SMILES string of the molecule is O=C(NCCc1ccc(Cl)cc1)N1CCCSCC1. The van der Waals surface area contributed by atoms with Crippen molar-refractivity contribution in [2.24, 2.45) is 0 Å². The lowest BCUT2D eigenvalue weighted by Crippen LogP contribution is -2.41. The Kier molecular flexibility index (Phi) is 5.86. The molecule has 3 nitrogen and oxygen atoms in total. The molecule has 19 heavy (non-hydrogen) atoms. The molecular formula is C14H19ClN2OS. The molecule has 0 spiro atoms. The number of rotatable bonds is 3. The number of benzene rings is 1. The summed E-state index contributed by atoms with van der Waals surface area (Å²) in [5.41, 5.74) is 1.19. The van der Waals surface area contributed by atoms with Gasteiger partial charge >= 0.3 is 6.03 Å². The Hall–Kier alpha value is -0.870. The molecule has 1 aromatic rings. The first-order valence-corrected chi connectivity index (χ1v) is 8.14. The summed E-state index contributed by atoms with van der Waals surface area (Å²) >= 11 is 7.76. The molecule has 0 aliphatic carbocycles. The van der Waals surface area contributed by atoms with Crippen LogP contribution in [0.4, 0.5) is 4.79 Å². The molecule has 0 saturated carbocycles. The van der Waals surface area contributed by atoms with E-state index < -0.39 is 0 Å². The number of amides is 2. The van der Waals surface area contributed by atoms with Gasteiger partial charge in [0.15, 0.2) is 0 Å². The van der Waals surface area contributed by atoms with Crippen molar-refractivity contribution in [2.45, 2.75) is 12.8 Å². The van der Waals surface area contributed by atoms with Gasteiger partial charge in [0.2, 0.25) is 0 Å². The Labute approximate surface area is 123 Å². The Bertz CT molecular complexity index is 402. The summed E-state index contributed by atoms with van der Waals surface area (Å²) in [6.45, 7) is 2.40. The number of halogens is 1. The number of hydrogen-bond acceptors (Lipinski definition) is 2. The first kappa shape index (κ1) is 14.5. The maximum atomic E-state index is 12.0. The normalized spacial score (nSPS) is 15.9. The molecule has 1 aromatic carbocycles. The van der Waals surface area contributed by atoms with E-state index in [0.29, 0.717) is 6.54 Å². The first-order chi connectivity index (χ1) is 9.25. The zero-order valence-electron chi connectivity index (χ0n) is 10.9. The quantitative estimate of drug-likeness (QED) is 0.930. The van der Waals surface area contributed by atoms with Crippen molar-refractivity contribution in [1.82, 2.24) is 10.2 Å². The molecule has 0 atom stereocenters. The second-order valence-corrected chi connectivity index (χ2v) is 6.22. The van der Waals surface area contributed by atoms with E-state index in [1.807, 2.05) is 40.9 Å². The minimum Gasteiger partial charge on any atom is -0.338 e. The van der Waals surface area contributed by atoms with Crippen LogP contribution in [0.5, 0.6) is 0 Å². The lowest BCUT2D eigenvalue weighted by Gasteiger charge is -2.20. The van der Waals surface area contributed by atoms with E-state index in [9.17, 15) is 4.79 Å². The van der Waals surface area contributed by atoms with E-state index >= 15 is 0 Å². The van der Waals surface area contributed by atoms with Crippen LogP contribution in [0.15, 0.2) is 24.3 Å². The summed E-state index contributed by atoms with van der Waals surface area (Å²) in [5.74, 6) is 2.21. The van der Waals surface area contributed by atoms with Crippen LogP contribution < -0.4 is 5.32 Å². The monoisotopic (exact) mass is 298 g/mol. The molecule has 1 heterocycles. The van der Waals surface area contributed by atoms with E-state index in [2.05, 4.69) is 5.32 Å². The molecule has 1 aliphatic rings. The van der Waals surface area contributed by atoms with Crippen LogP contribution in [0.25, 0.3) is 0 Å². The highest BCUT2D eigenvalue weighted by Crippen LogP contribution is 2.11. The second-order valence-electron chi connectivity index (χ2n) is 4.56. The van der Waals surface area contributed by atoms with Gasteiger partial charge in [0, 0.05) is 30.4 Å². The molecule has 1 N–H and O–H groups in total. The highest BCUT2D eigenvalue weighted by Gasteiger charge is 2.14. The Morgan fingerprint density at radius 2 is 2.05 bits per heavy atom. The second kappa shape index (κ2) is 7.65. The van der Waals surface area contributed by atoms with Crippen LogP contribution in [0, 0.1) is 0 Å². The largest absolute Gasteiger partial charge is 0.338 e. The van der Waals surface area contributed by atoms with Crippen LogP contribution in [0.3, 0.4) is 0 Å². The number of thioether (sulfide) groups is 1. The number of nitrogens with zero attached hydrogens (tertiary/aromatic N) is 1. The summed E-state index contributed by atoms with van der Waals surface area (Å²) in [6, 6.07) is 7.82. The lowest BCUT2D eigenvalue weighted by molar-refractivity contribution is 0.202. The van der Waals surface area contributed by atoms with Crippen molar-refractivity contribution < 1.29 is 4.79 Å². The lowest BCUT2D eigenvalue weighted by atomic mass is 10.1. The summed E-state index contributed by atoms with van der Waals surface area (Å²) in [5, 5.41) is 3.73. The van der Waals surface area contributed by atoms with Gasteiger partial charge < -0.3 is 10.2 Å². The van der Waals surface area contributed by atoms with E-state index in [4.69, 9.17) is 11.6 Å². The third-order valence-electron chi connectivity index (χ3n) is 3.11. The predicted molar refractivity (Wildman–Crippen MR) is 82.1 cm³/mol. The van der Waals surface area contributed by atoms with Gasteiger partial charge in [-0.25, -0.2) is 4.79 Å². The zero-order chi connectivity index (χ0) is 13.5. The summed E-state index contributed by atoms with van der Waals surface area (Å²) < 4.78 is 0. The summed E-state index contributed by atoms with van der Waals surface area (Å²) in [7, 11) is 0. The van der Waals surface area contributed by atoms with Gasteiger partial charge in [-0.3, -0.25) is 0 Å². The standard InChI is InChI=1S/C14H19ClN2OS/c15-13-4-2-12(3-5-13)6-7-16-14(18)17-8-1-10-19-11-9-17/h2-5H,1,6-11H2,(H,16,18). The molecule has 104 valence electrons. The van der Waals surface area contributed by atoms with Crippen LogP contribution in [-0.4, -0.2) is 42.1 Å². The highest BCUT2D eigenvalue weighted by molar-refractivity contribution is 7.99. The van der Waals surface area contributed by atoms with Gasteiger partial charge in [0.25, 0.3) is 0 Å². The number of hydrogen-bond donors (Lipinski definition) is 1. The molecule has 1 fully saturated rings. The van der Waals surface area contributed by atoms with Gasteiger partial charge in [-0.1, -0.05) is 23.7 Å². The fourth-order valence-electron chi connectivity index (χ4n) is 2.03. The van der Waals surface area contributed by atoms with E-state index in [1.54, 1.807) is 0 Å². The van der Waals surface area contributed by atoms with Gasteiger partial charge in [-0.15, -0.1) is 0 Å². The Morgan fingerprint density at radius 3 is 2.84 bits per heavy atom. The molecule has 0 radical (unpaired) electrons. The average Bonchev–Trinajstić information content (AvgIpc) is 2.70. The Balaban J connectivity index is 1.72. The van der Waals surface area contributed by atoms with Gasteiger partial charge in [-0.2, -0.15) is 11.8 Å². The molecule has 1 aliphatic heterocycles. The van der Waals surface area contributed by atoms with Crippen LogP contribution in [0.2, 0.25) is 5.02 Å². The van der Waals surface area contributed by atoms with Crippen LogP contribution in [-0.2, 0) is 6.42 Å². The minimum absolute atomic E-state index is 0.0662. The van der Waals surface area contributed by atoms with Crippen LogP contribution in [0.1, 0.15) is 12.0 Å². The fraction of sp³-hybridized carbons (Fsp3) is 0.500. The van der Waals surface area contributed by atoms with Gasteiger partial charge in [0.1, 0.15) is 0 Å². The summed E-state index contributed by atoms with van der Waals surface area (Å²) in [4.78, 5) is 13.9. The van der Waals surface area contributed by atoms with Gasteiger partial charge in [0.05, 0.1) is 0 Å². The van der Waals surface area contributed by atoms with E-state index in [-0.39, 0.29) is 6.03 Å². The van der Waals surface area contributed by atoms with Crippen molar-refractivity contribution in [2.75, 3.05) is 31.1 Å². The van der Waals surface area contributed by atoms with Crippen molar-refractivity contribution in [3.63, 3.8) is 0 Å². The van der Waals surface area contributed by atoms with E-state index in [1.165, 1.54) is 5.56 Å². The van der Waals surface area contributed by atoms with Crippen molar-refractivity contribution in [3.05, 3.63) is 34.9 Å². The summed E-state index contributed by atoms with van der Waals surface area (Å²) in [6.07, 6.45) is 1.93. The zero-order valence-corrected chi connectivity index (χ0v) is 12.5. The third-order valence-corrected chi connectivity index (χ3v) is 4.41. The average molecular weight is 299 g/mol. The van der Waals surface area contributed by atoms with Crippen molar-refractivity contribution >= 4 is 29.4 Å². The minimum atomic E-state index is 0.0662.